The van der Waals surface area contributed by atoms with Gasteiger partial charge in [-0.25, -0.2) is 4.98 Å². The van der Waals surface area contributed by atoms with E-state index >= 15 is 0 Å². The Morgan fingerprint density at radius 3 is 2.95 bits per heavy atom. The molecule has 0 atom stereocenters. The van der Waals surface area contributed by atoms with Crippen LogP contribution in [0.3, 0.4) is 0 Å². The molecule has 0 aromatic carbocycles. The average molecular weight is 259 g/mol. The number of carboxylic acid groups (broad SMARTS) is 1. The van der Waals surface area contributed by atoms with Crippen LogP contribution < -0.4 is 4.74 Å². The molecule has 0 bridgehead atoms. The van der Waals surface area contributed by atoms with Crippen LogP contribution >= 0.6 is 0 Å². The van der Waals surface area contributed by atoms with E-state index in [4.69, 9.17) is 9.84 Å². The Balaban J connectivity index is 2.18. The highest BCUT2D eigenvalue weighted by atomic mass is 16.5. The molecule has 1 N–H and O–H groups in total. The first-order valence-corrected chi connectivity index (χ1v) is 5.76. The molecule has 2 aromatic rings. The summed E-state index contributed by atoms with van der Waals surface area (Å²) in [5.41, 5.74) is 1.56. The molecule has 0 saturated carbocycles. The molecule has 0 aliphatic heterocycles. The van der Waals surface area contributed by atoms with Crippen LogP contribution in [0.2, 0.25) is 0 Å². The third kappa shape index (κ3) is 3.74. The second kappa shape index (κ2) is 5.90. The van der Waals surface area contributed by atoms with Crippen molar-refractivity contribution in [3.63, 3.8) is 0 Å². The number of hydrogen-bond acceptors (Lipinski definition) is 5. The highest BCUT2D eigenvalue weighted by Crippen LogP contribution is 2.19. The normalized spacial score (nSPS) is 10.2. The predicted octanol–water partition coefficient (Wildman–Crippen LogP) is 1.70. The van der Waals surface area contributed by atoms with Gasteiger partial charge in [0, 0.05) is 24.0 Å². The minimum absolute atomic E-state index is 0.0642. The third-order valence-electron chi connectivity index (χ3n) is 2.34. The first-order valence-electron chi connectivity index (χ1n) is 5.76. The zero-order chi connectivity index (χ0) is 13.7. The first-order chi connectivity index (χ1) is 9.15. The zero-order valence-corrected chi connectivity index (χ0v) is 10.4. The van der Waals surface area contributed by atoms with Crippen LogP contribution in [-0.4, -0.2) is 32.6 Å². The number of carbonyl (C=O) groups is 1. The minimum Gasteiger partial charge on any atom is -0.481 e. The molecule has 0 spiro atoms. The van der Waals surface area contributed by atoms with Crippen molar-refractivity contribution < 1.29 is 14.6 Å². The largest absolute Gasteiger partial charge is 0.481 e. The monoisotopic (exact) mass is 259 g/mol. The second-order valence-electron chi connectivity index (χ2n) is 3.87. The molecule has 0 unspecified atom stereocenters. The summed E-state index contributed by atoms with van der Waals surface area (Å²) < 4.78 is 5.31. The summed E-state index contributed by atoms with van der Waals surface area (Å²) >= 11 is 0. The molecule has 2 heterocycles. The quantitative estimate of drug-likeness (QED) is 0.879. The molecule has 98 valence electrons. The van der Waals surface area contributed by atoms with Crippen molar-refractivity contribution in [2.24, 2.45) is 0 Å². The number of carboxylic acids is 1. The van der Waals surface area contributed by atoms with Gasteiger partial charge in [0.1, 0.15) is 12.4 Å². The fourth-order valence-corrected chi connectivity index (χ4v) is 1.52. The molecule has 0 saturated heterocycles. The van der Waals surface area contributed by atoms with Gasteiger partial charge in [-0.1, -0.05) is 0 Å². The van der Waals surface area contributed by atoms with Gasteiger partial charge in [0.2, 0.25) is 5.88 Å². The number of aryl methyl sites for hydroxylation is 1. The maximum absolute atomic E-state index is 10.4. The van der Waals surface area contributed by atoms with Crippen molar-refractivity contribution in [1.82, 2.24) is 15.0 Å². The predicted molar refractivity (Wildman–Crippen MR) is 67.7 cm³/mol. The molecule has 0 radical (unpaired) electrons. The van der Waals surface area contributed by atoms with Crippen LogP contribution in [0.5, 0.6) is 5.88 Å². The summed E-state index contributed by atoms with van der Waals surface area (Å²) in [6.07, 6.45) is 3.32. The first kappa shape index (κ1) is 12.9. The number of aliphatic carboxylic acids is 1. The van der Waals surface area contributed by atoms with Gasteiger partial charge >= 0.3 is 5.97 Å². The average Bonchev–Trinajstić information content (AvgIpc) is 2.39. The number of pyridine rings is 1. The Bertz CT molecular complexity index is 573. The Labute approximate surface area is 110 Å². The Morgan fingerprint density at radius 1 is 1.42 bits per heavy atom. The number of nitrogens with zero attached hydrogens (tertiary/aromatic N) is 3. The van der Waals surface area contributed by atoms with Gasteiger partial charge in [0.05, 0.1) is 12.1 Å². The van der Waals surface area contributed by atoms with E-state index in [1.54, 1.807) is 25.4 Å². The van der Waals surface area contributed by atoms with Gasteiger partial charge in [0.15, 0.2) is 0 Å². The van der Waals surface area contributed by atoms with E-state index < -0.39 is 5.97 Å². The summed E-state index contributed by atoms with van der Waals surface area (Å²) in [5.74, 6) is 0.0255. The van der Waals surface area contributed by atoms with Crippen LogP contribution in [0.25, 0.3) is 11.3 Å². The number of ether oxygens (including phenoxy) is 1. The molecule has 19 heavy (non-hydrogen) atoms. The van der Waals surface area contributed by atoms with Crippen molar-refractivity contribution >= 4 is 5.97 Å². The molecule has 0 fully saturated rings. The van der Waals surface area contributed by atoms with Gasteiger partial charge in [-0.05, 0) is 19.1 Å². The van der Waals surface area contributed by atoms with Gasteiger partial charge in [-0.15, -0.1) is 0 Å². The van der Waals surface area contributed by atoms with Crippen molar-refractivity contribution in [2.75, 3.05) is 6.61 Å². The zero-order valence-electron chi connectivity index (χ0n) is 10.4. The van der Waals surface area contributed by atoms with E-state index in [0.29, 0.717) is 17.4 Å². The summed E-state index contributed by atoms with van der Waals surface area (Å²) in [6, 6.07) is 5.37. The van der Waals surface area contributed by atoms with Gasteiger partial charge in [-0.3, -0.25) is 9.78 Å². The van der Waals surface area contributed by atoms with E-state index in [2.05, 4.69) is 15.0 Å². The van der Waals surface area contributed by atoms with Gasteiger partial charge in [0.25, 0.3) is 0 Å². The van der Waals surface area contributed by atoms with Crippen LogP contribution in [-0.2, 0) is 4.79 Å². The van der Waals surface area contributed by atoms with E-state index in [1.165, 1.54) is 0 Å². The SMILES string of the molecule is Cc1nc(OCCC(=O)O)cc(-c2cccnc2)n1. The Hall–Kier alpha value is -2.50. The summed E-state index contributed by atoms with van der Waals surface area (Å²) in [5, 5.41) is 8.56. The van der Waals surface area contributed by atoms with Crippen molar-refractivity contribution in [3.05, 3.63) is 36.4 Å². The van der Waals surface area contributed by atoms with Crippen molar-refractivity contribution in [3.8, 4) is 17.1 Å². The lowest BCUT2D eigenvalue weighted by Gasteiger charge is -2.07. The maximum atomic E-state index is 10.4. The van der Waals surface area contributed by atoms with Crippen LogP contribution in [0.1, 0.15) is 12.2 Å². The topological polar surface area (TPSA) is 85.2 Å². The number of aromatic nitrogens is 3. The fraction of sp³-hybridized carbons (Fsp3) is 0.231. The summed E-state index contributed by atoms with van der Waals surface area (Å²) in [4.78, 5) is 22.9. The fourth-order valence-electron chi connectivity index (χ4n) is 1.52. The van der Waals surface area contributed by atoms with E-state index in [9.17, 15) is 4.79 Å². The maximum Gasteiger partial charge on any atom is 0.306 e. The van der Waals surface area contributed by atoms with Crippen molar-refractivity contribution in [1.29, 1.82) is 0 Å². The van der Waals surface area contributed by atoms with E-state index in [-0.39, 0.29) is 13.0 Å². The highest BCUT2D eigenvalue weighted by Gasteiger charge is 2.06. The smallest absolute Gasteiger partial charge is 0.306 e. The molecule has 6 nitrogen and oxygen atoms in total. The third-order valence-corrected chi connectivity index (χ3v) is 2.34. The molecular weight excluding hydrogens is 246 g/mol. The summed E-state index contributed by atoms with van der Waals surface area (Å²) in [7, 11) is 0. The molecule has 0 aliphatic rings. The molecule has 6 heteroatoms. The molecule has 0 aliphatic carbocycles. The lowest BCUT2D eigenvalue weighted by Crippen LogP contribution is -2.06. The Kier molecular flexibility index (Phi) is 4.02. The van der Waals surface area contributed by atoms with Gasteiger partial charge in [-0.2, -0.15) is 4.98 Å². The minimum atomic E-state index is -0.904. The van der Waals surface area contributed by atoms with E-state index in [1.807, 2.05) is 12.1 Å². The standard InChI is InChI=1S/C13H13N3O3/c1-9-15-11(10-3-2-5-14-8-10)7-12(16-9)19-6-4-13(17)18/h2-3,5,7-8H,4,6H2,1H3,(H,17,18). The lowest BCUT2D eigenvalue weighted by molar-refractivity contribution is -0.137. The molecular formula is C13H13N3O3. The van der Waals surface area contributed by atoms with Crippen molar-refractivity contribution in [2.45, 2.75) is 13.3 Å². The molecule has 0 amide bonds. The van der Waals surface area contributed by atoms with Crippen LogP contribution in [0.15, 0.2) is 30.6 Å². The Morgan fingerprint density at radius 2 is 2.26 bits per heavy atom. The van der Waals surface area contributed by atoms with Gasteiger partial charge < -0.3 is 9.84 Å². The highest BCUT2D eigenvalue weighted by molar-refractivity contribution is 5.66. The van der Waals surface area contributed by atoms with Crippen LogP contribution in [0, 0.1) is 6.92 Å². The molecule has 2 aromatic heterocycles. The number of hydrogen-bond donors (Lipinski definition) is 1. The second-order valence-corrected chi connectivity index (χ2v) is 3.87. The lowest BCUT2D eigenvalue weighted by atomic mass is 10.2. The van der Waals surface area contributed by atoms with E-state index in [0.717, 1.165) is 5.56 Å². The summed E-state index contributed by atoms with van der Waals surface area (Å²) in [6.45, 7) is 1.84. The number of rotatable bonds is 5. The molecule has 2 rings (SSSR count). The van der Waals surface area contributed by atoms with Crippen LogP contribution in [0.4, 0.5) is 0 Å².